The molecule has 0 saturated carbocycles. The molecule has 2 N–H and O–H groups in total. The minimum Gasteiger partial charge on any atom is -0.480 e. The van der Waals surface area contributed by atoms with E-state index in [9.17, 15) is 14.7 Å². The molecule has 1 amide bonds. The molecule has 3 rings (SSSR count). The molecule has 1 aromatic heterocycles. The molecule has 0 spiro atoms. The van der Waals surface area contributed by atoms with Crippen LogP contribution in [0.15, 0.2) is 36.7 Å². The third-order valence-corrected chi connectivity index (χ3v) is 3.23. The Kier molecular flexibility index (Phi) is 2.56. The first-order chi connectivity index (χ1) is 9.18. The highest BCUT2D eigenvalue weighted by Crippen LogP contribution is 2.33. The average Bonchev–Trinajstić information content (AvgIpc) is 3.05. The molecule has 0 radical (unpaired) electrons. The number of rotatable bonds is 2. The third kappa shape index (κ3) is 1.77. The van der Waals surface area contributed by atoms with Crippen LogP contribution in [0.4, 0.5) is 5.69 Å². The molecule has 1 aliphatic heterocycles. The van der Waals surface area contributed by atoms with Crippen LogP contribution < -0.4 is 4.90 Å². The van der Waals surface area contributed by atoms with Crippen LogP contribution in [0.2, 0.25) is 0 Å². The van der Waals surface area contributed by atoms with Crippen molar-refractivity contribution in [3.8, 4) is 0 Å². The Bertz CT molecular complexity index is 636. The Morgan fingerprint density at radius 2 is 2.16 bits per heavy atom. The lowest BCUT2D eigenvalue weighted by atomic mass is 10.1. The van der Waals surface area contributed by atoms with Crippen molar-refractivity contribution in [2.24, 2.45) is 0 Å². The fraction of sp³-hybridized carbons (Fsp3) is 0.154. The summed E-state index contributed by atoms with van der Waals surface area (Å²) in [6.45, 7) is 0. The predicted molar refractivity (Wildman–Crippen MR) is 67.0 cm³/mol. The number of aliphatic carboxylic acids is 1. The zero-order valence-electron chi connectivity index (χ0n) is 9.91. The number of amides is 1. The highest BCUT2D eigenvalue weighted by atomic mass is 16.4. The van der Waals surface area contributed by atoms with E-state index < -0.39 is 12.0 Å². The first kappa shape index (κ1) is 11.5. The lowest BCUT2D eigenvalue weighted by Gasteiger charge is -2.21. The Balaban J connectivity index is 2.05. The molecular formula is C13H11N3O3. The lowest BCUT2D eigenvalue weighted by molar-refractivity contribution is -0.138. The van der Waals surface area contributed by atoms with Crippen LogP contribution in [0.5, 0.6) is 0 Å². The standard InChI is InChI=1S/C13H11N3O3/c17-12(9-6-14-15-7-9)16-10-4-2-1-3-8(10)5-11(16)13(18)19/h1-4,6-7,11H,5H2,(H,14,15)(H,18,19). The van der Waals surface area contributed by atoms with Gasteiger partial charge >= 0.3 is 5.97 Å². The van der Waals surface area contributed by atoms with Gasteiger partial charge in [0.2, 0.25) is 0 Å². The molecule has 2 heterocycles. The monoisotopic (exact) mass is 257 g/mol. The van der Waals surface area contributed by atoms with Gasteiger partial charge in [0.1, 0.15) is 6.04 Å². The number of aromatic amines is 1. The Hall–Kier alpha value is -2.63. The number of nitrogens with one attached hydrogen (secondary N) is 1. The smallest absolute Gasteiger partial charge is 0.327 e. The van der Waals surface area contributed by atoms with Gasteiger partial charge in [0.15, 0.2) is 0 Å². The van der Waals surface area contributed by atoms with E-state index in [2.05, 4.69) is 10.2 Å². The molecule has 1 aliphatic rings. The van der Waals surface area contributed by atoms with E-state index in [1.807, 2.05) is 12.1 Å². The number of carboxylic acids is 1. The van der Waals surface area contributed by atoms with Crippen molar-refractivity contribution in [1.82, 2.24) is 10.2 Å². The van der Waals surface area contributed by atoms with Crippen LogP contribution in [0.25, 0.3) is 0 Å². The molecule has 0 bridgehead atoms. The maximum absolute atomic E-state index is 12.4. The van der Waals surface area contributed by atoms with E-state index >= 15 is 0 Å². The molecule has 1 atom stereocenters. The van der Waals surface area contributed by atoms with Gasteiger partial charge in [-0.3, -0.25) is 14.8 Å². The Morgan fingerprint density at radius 3 is 2.84 bits per heavy atom. The molecule has 1 aromatic carbocycles. The highest BCUT2D eigenvalue weighted by molar-refractivity contribution is 6.10. The van der Waals surface area contributed by atoms with Crippen molar-refractivity contribution < 1.29 is 14.7 Å². The maximum atomic E-state index is 12.4. The summed E-state index contributed by atoms with van der Waals surface area (Å²) in [6.07, 6.45) is 3.18. The number of benzene rings is 1. The number of aromatic nitrogens is 2. The topological polar surface area (TPSA) is 86.3 Å². The minimum atomic E-state index is -1.01. The normalized spacial score (nSPS) is 17.3. The molecule has 6 heteroatoms. The number of anilines is 1. The summed E-state index contributed by atoms with van der Waals surface area (Å²) in [5, 5.41) is 15.6. The zero-order chi connectivity index (χ0) is 13.4. The van der Waals surface area contributed by atoms with E-state index in [4.69, 9.17) is 0 Å². The number of para-hydroxylation sites is 1. The molecule has 19 heavy (non-hydrogen) atoms. The minimum absolute atomic E-state index is 0.328. The summed E-state index contributed by atoms with van der Waals surface area (Å²) >= 11 is 0. The number of fused-ring (bicyclic) bond motifs is 1. The first-order valence-corrected chi connectivity index (χ1v) is 5.81. The summed E-state index contributed by atoms with van der Waals surface area (Å²) in [4.78, 5) is 25.0. The van der Waals surface area contributed by atoms with Gasteiger partial charge < -0.3 is 5.11 Å². The van der Waals surface area contributed by atoms with Gasteiger partial charge in [-0.1, -0.05) is 18.2 Å². The summed E-state index contributed by atoms with van der Waals surface area (Å²) < 4.78 is 0. The molecule has 0 saturated heterocycles. The van der Waals surface area contributed by atoms with E-state index in [0.717, 1.165) is 5.56 Å². The number of hydrogen-bond acceptors (Lipinski definition) is 3. The molecule has 0 fully saturated rings. The first-order valence-electron chi connectivity index (χ1n) is 5.81. The van der Waals surface area contributed by atoms with Crippen molar-refractivity contribution in [1.29, 1.82) is 0 Å². The molecule has 0 aliphatic carbocycles. The van der Waals surface area contributed by atoms with Gasteiger partial charge in [-0.2, -0.15) is 5.10 Å². The second-order valence-electron chi connectivity index (χ2n) is 4.35. The van der Waals surface area contributed by atoms with Gasteiger partial charge in [-0.25, -0.2) is 4.79 Å². The largest absolute Gasteiger partial charge is 0.480 e. The van der Waals surface area contributed by atoms with Gasteiger partial charge in [0.25, 0.3) is 5.91 Å². The quantitative estimate of drug-likeness (QED) is 0.842. The van der Waals surface area contributed by atoms with Crippen LogP contribution >= 0.6 is 0 Å². The van der Waals surface area contributed by atoms with Gasteiger partial charge in [0.05, 0.1) is 11.8 Å². The van der Waals surface area contributed by atoms with Crippen LogP contribution in [-0.4, -0.2) is 33.2 Å². The number of nitrogens with zero attached hydrogens (tertiary/aromatic N) is 2. The van der Waals surface area contributed by atoms with E-state index in [0.29, 0.717) is 17.7 Å². The number of hydrogen-bond donors (Lipinski definition) is 2. The van der Waals surface area contributed by atoms with E-state index in [1.165, 1.54) is 17.3 Å². The zero-order valence-corrected chi connectivity index (χ0v) is 9.91. The number of carboxylic acid groups (broad SMARTS) is 1. The third-order valence-electron chi connectivity index (χ3n) is 3.23. The van der Waals surface area contributed by atoms with Crippen LogP contribution in [0.3, 0.4) is 0 Å². The van der Waals surface area contributed by atoms with E-state index in [1.54, 1.807) is 12.1 Å². The number of carbonyl (C=O) groups is 2. The molecular weight excluding hydrogens is 246 g/mol. The SMILES string of the molecule is O=C(O)C1Cc2ccccc2N1C(=O)c1cn[nH]c1. The van der Waals surface area contributed by atoms with E-state index in [-0.39, 0.29) is 5.91 Å². The number of H-pyrrole nitrogens is 1. The van der Waals surface area contributed by atoms with Crippen LogP contribution in [-0.2, 0) is 11.2 Å². The Labute approximate surface area is 108 Å². The molecule has 6 nitrogen and oxygen atoms in total. The maximum Gasteiger partial charge on any atom is 0.327 e. The lowest BCUT2D eigenvalue weighted by Crippen LogP contribution is -2.42. The van der Waals surface area contributed by atoms with Crippen LogP contribution in [0.1, 0.15) is 15.9 Å². The number of carbonyl (C=O) groups excluding carboxylic acids is 1. The van der Waals surface area contributed by atoms with Gasteiger partial charge in [0, 0.05) is 18.3 Å². The average molecular weight is 257 g/mol. The fourth-order valence-electron chi connectivity index (χ4n) is 2.34. The van der Waals surface area contributed by atoms with Crippen molar-refractivity contribution >= 4 is 17.6 Å². The van der Waals surface area contributed by atoms with Gasteiger partial charge in [-0.15, -0.1) is 0 Å². The second kappa shape index (κ2) is 4.24. The van der Waals surface area contributed by atoms with Crippen molar-refractivity contribution in [3.63, 3.8) is 0 Å². The summed E-state index contributed by atoms with van der Waals surface area (Å²) in [6, 6.07) is 6.37. The predicted octanol–water partition coefficient (Wildman–Crippen LogP) is 1.07. The van der Waals surface area contributed by atoms with Crippen molar-refractivity contribution in [2.75, 3.05) is 4.90 Å². The van der Waals surface area contributed by atoms with Crippen molar-refractivity contribution in [3.05, 3.63) is 47.8 Å². The summed E-state index contributed by atoms with van der Waals surface area (Å²) in [7, 11) is 0. The van der Waals surface area contributed by atoms with Gasteiger partial charge in [-0.05, 0) is 11.6 Å². The highest BCUT2D eigenvalue weighted by Gasteiger charge is 2.38. The molecule has 96 valence electrons. The Morgan fingerprint density at radius 1 is 1.37 bits per heavy atom. The summed E-state index contributed by atoms with van der Waals surface area (Å²) in [5.74, 6) is -1.36. The second-order valence-corrected chi connectivity index (χ2v) is 4.35. The molecule has 1 unspecified atom stereocenters. The van der Waals surface area contributed by atoms with Crippen LogP contribution in [0, 0.1) is 0 Å². The van der Waals surface area contributed by atoms with Crippen molar-refractivity contribution in [2.45, 2.75) is 12.5 Å². The molecule has 2 aromatic rings. The fourth-order valence-corrected chi connectivity index (χ4v) is 2.34. The summed E-state index contributed by atoms with van der Waals surface area (Å²) in [5.41, 5.74) is 1.87.